The van der Waals surface area contributed by atoms with Crippen LogP contribution in [0.15, 0.2) is 29.5 Å². The van der Waals surface area contributed by atoms with Gasteiger partial charge in [0.25, 0.3) is 0 Å². The van der Waals surface area contributed by atoms with Crippen LogP contribution in [0.25, 0.3) is 0 Å². The van der Waals surface area contributed by atoms with Gasteiger partial charge in [-0.1, -0.05) is 6.07 Å². The molecule has 2 aliphatic heterocycles. The summed E-state index contributed by atoms with van der Waals surface area (Å²) in [5.74, 6) is -0.492. The number of carboxylic acids is 1. The normalized spacial score (nSPS) is 17.4. The van der Waals surface area contributed by atoms with Crippen LogP contribution in [-0.2, 0) is 14.4 Å². The van der Waals surface area contributed by atoms with Crippen molar-refractivity contribution in [3.63, 3.8) is 0 Å². The Morgan fingerprint density at radius 2 is 2.10 bits per heavy atom. The molecule has 10 heteroatoms. The van der Waals surface area contributed by atoms with Crippen molar-refractivity contribution in [2.45, 2.75) is 38.1 Å². The van der Waals surface area contributed by atoms with E-state index in [0.717, 1.165) is 25.5 Å². The number of amides is 2. The number of hydrogen-bond acceptors (Lipinski definition) is 7. The largest absolute Gasteiger partial charge is 0.481 e. The van der Waals surface area contributed by atoms with Gasteiger partial charge in [0.2, 0.25) is 11.8 Å². The van der Waals surface area contributed by atoms with Gasteiger partial charge in [-0.2, -0.15) is 0 Å². The molecule has 0 bridgehead atoms. The molecule has 1 fully saturated rings. The number of likely N-dealkylation sites (tertiary alicyclic amines) is 1. The van der Waals surface area contributed by atoms with Gasteiger partial charge in [-0.05, 0) is 30.9 Å². The van der Waals surface area contributed by atoms with Crippen LogP contribution in [0.5, 0.6) is 0 Å². The van der Waals surface area contributed by atoms with Crippen LogP contribution >= 0.6 is 0 Å². The van der Waals surface area contributed by atoms with Gasteiger partial charge in [0.15, 0.2) is 5.96 Å². The minimum atomic E-state index is -0.986. The summed E-state index contributed by atoms with van der Waals surface area (Å²) in [5.41, 5.74) is 0.665. The van der Waals surface area contributed by atoms with Crippen molar-refractivity contribution >= 4 is 23.7 Å². The molecule has 0 radical (unpaired) electrons. The highest BCUT2D eigenvalue weighted by Gasteiger charge is 2.29. The molecule has 4 N–H and O–H groups in total. The molecule has 3 rings (SSSR count). The molecule has 1 saturated heterocycles. The van der Waals surface area contributed by atoms with Gasteiger partial charge in [0, 0.05) is 50.9 Å². The van der Waals surface area contributed by atoms with Crippen molar-refractivity contribution in [2.24, 2.45) is 10.9 Å². The number of guanidine groups is 1. The smallest absolute Gasteiger partial charge is 0.305 e. The predicted octanol–water partition coefficient (Wildman–Crippen LogP) is 0.281. The minimum Gasteiger partial charge on any atom is -0.481 e. The number of carbonyl (C=O) groups excluding carboxylic acids is 2. The summed E-state index contributed by atoms with van der Waals surface area (Å²) in [6.45, 7) is 3.39. The molecule has 1 aromatic rings. The summed E-state index contributed by atoms with van der Waals surface area (Å²) in [7, 11) is 0. The molecular formula is C21H30N6O4. The number of aromatic nitrogens is 1. The maximum Gasteiger partial charge on any atom is 0.305 e. The molecule has 0 spiro atoms. The monoisotopic (exact) mass is 430 g/mol. The second-order valence-electron chi connectivity index (χ2n) is 7.79. The van der Waals surface area contributed by atoms with Crippen molar-refractivity contribution in [3.8, 4) is 0 Å². The fraction of sp³-hybridized carbons (Fsp3) is 0.571. The fourth-order valence-electron chi connectivity index (χ4n) is 3.81. The number of rotatable bonds is 9. The number of piperidine rings is 1. The number of carbonyl (C=O) groups is 3. The van der Waals surface area contributed by atoms with Crippen LogP contribution in [0.4, 0.5) is 0 Å². The number of nitrogens with one attached hydrogen (secondary N) is 3. The van der Waals surface area contributed by atoms with E-state index in [2.05, 4.69) is 25.9 Å². The lowest BCUT2D eigenvalue weighted by molar-refractivity contribution is -0.139. The Labute approximate surface area is 181 Å². The first-order chi connectivity index (χ1) is 15.0. The zero-order chi connectivity index (χ0) is 22.1. The molecule has 0 aromatic carbocycles. The molecule has 1 atom stereocenters. The van der Waals surface area contributed by atoms with Crippen LogP contribution in [0.3, 0.4) is 0 Å². The molecule has 10 nitrogen and oxygen atoms in total. The lowest BCUT2D eigenvalue weighted by Crippen LogP contribution is -2.44. The Balaban J connectivity index is 1.40. The second kappa shape index (κ2) is 11.3. The standard InChI is InChI=1S/C21H30N6O4/c28-18(4-2-8-23-21-24-9-10-25-21)27-11-5-15(6-12-27)20(31)26-17(13-19(29)30)16-3-1-7-22-14-16/h1,3,7,14-15,17H,2,4-6,8-13H2,(H,26,31)(H,29,30)(H2,23,24,25). The number of aliphatic imine (C=N–C) groups is 1. The topological polar surface area (TPSA) is 136 Å². The Morgan fingerprint density at radius 3 is 2.74 bits per heavy atom. The van der Waals surface area contributed by atoms with Crippen LogP contribution in [-0.4, -0.2) is 71.5 Å². The summed E-state index contributed by atoms with van der Waals surface area (Å²) in [5, 5.41) is 18.3. The molecule has 0 saturated carbocycles. The van der Waals surface area contributed by atoms with E-state index in [1.54, 1.807) is 24.5 Å². The number of hydrogen-bond donors (Lipinski definition) is 4. The average Bonchev–Trinajstić information content (AvgIpc) is 3.30. The molecule has 1 aromatic heterocycles. The van der Waals surface area contributed by atoms with Crippen molar-refractivity contribution in [3.05, 3.63) is 30.1 Å². The third-order valence-electron chi connectivity index (χ3n) is 5.53. The van der Waals surface area contributed by atoms with E-state index in [4.69, 9.17) is 0 Å². The van der Waals surface area contributed by atoms with E-state index < -0.39 is 12.0 Å². The number of nitrogens with zero attached hydrogens (tertiary/aromatic N) is 3. The molecule has 168 valence electrons. The summed E-state index contributed by atoms with van der Waals surface area (Å²) < 4.78 is 0. The maximum atomic E-state index is 12.7. The molecular weight excluding hydrogens is 400 g/mol. The summed E-state index contributed by atoms with van der Waals surface area (Å²) in [6, 6.07) is 2.85. The predicted molar refractivity (Wildman–Crippen MR) is 114 cm³/mol. The zero-order valence-corrected chi connectivity index (χ0v) is 17.5. The number of carboxylic acid groups (broad SMARTS) is 1. The van der Waals surface area contributed by atoms with Gasteiger partial charge in [-0.25, -0.2) is 0 Å². The van der Waals surface area contributed by atoms with E-state index in [9.17, 15) is 19.5 Å². The SMILES string of the molecule is O=C(O)CC(NC(=O)C1CCN(C(=O)CCCNC2=NCCN2)CC1)c1cccnc1. The van der Waals surface area contributed by atoms with Gasteiger partial charge in [0.05, 0.1) is 19.0 Å². The summed E-state index contributed by atoms with van der Waals surface area (Å²) in [6.07, 6.45) is 5.30. The van der Waals surface area contributed by atoms with Crippen LogP contribution < -0.4 is 16.0 Å². The van der Waals surface area contributed by atoms with E-state index in [1.807, 2.05) is 4.90 Å². The van der Waals surface area contributed by atoms with Crippen molar-refractivity contribution in [1.29, 1.82) is 0 Å². The van der Waals surface area contributed by atoms with Crippen LogP contribution in [0.2, 0.25) is 0 Å². The Kier molecular flexibility index (Phi) is 8.19. The van der Waals surface area contributed by atoms with E-state index in [-0.39, 0.29) is 24.2 Å². The molecule has 31 heavy (non-hydrogen) atoms. The van der Waals surface area contributed by atoms with Gasteiger partial charge >= 0.3 is 5.97 Å². The van der Waals surface area contributed by atoms with Crippen molar-refractivity contribution in [1.82, 2.24) is 25.8 Å². The van der Waals surface area contributed by atoms with Crippen molar-refractivity contribution < 1.29 is 19.5 Å². The molecule has 1 unspecified atom stereocenters. The van der Waals surface area contributed by atoms with Crippen LogP contribution in [0, 0.1) is 5.92 Å². The second-order valence-corrected chi connectivity index (χ2v) is 7.79. The van der Waals surface area contributed by atoms with Crippen molar-refractivity contribution in [2.75, 3.05) is 32.7 Å². The first-order valence-electron chi connectivity index (χ1n) is 10.7. The maximum absolute atomic E-state index is 12.7. The van der Waals surface area contributed by atoms with E-state index >= 15 is 0 Å². The minimum absolute atomic E-state index is 0.0982. The Bertz CT molecular complexity index is 792. The van der Waals surface area contributed by atoms with Gasteiger partial charge in [-0.15, -0.1) is 0 Å². The summed E-state index contributed by atoms with van der Waals surface area (Å²) >= 11 is 0. The number of aliphatic carboxylic acids is 1. The van der Waals surface area contributed by atoms with Gasteiger partial charge in [-0.3, -0.25) is 24.4 Å². The first kappa shape index (κ1) is 22.5. The quantitative estimate of drug-likeness (QED) is 0.413. The zero-order valence-electron chi connectivity index (χ0n) is 17.5. The van der Waals surface area contributed by atoms with Gasteiger partial charge < -0.3 is 26.0 Å². The molecule has 2 aliphatic rings. The average molecular weight is 431 g/mol. The third-order valence-corrected chi connectivity index (χ3v) is 5.53. The number of pyridine rings is 1. The lowest BCUT2D eigenvalue weighted by Gasteiger charge is -2.32. The van der Waals surface area contributed by atoms with E-state index in [0.29, 0.717) is 44.5 Å². The lowest BCUT2D eigenvalue weighted by atomic mass is 9.94. The third kappa shape index (κ3) is 6.94. The molecule has 0 aliphatic carbocycles. The molecule has 2 amide bonds. The van der Waals surface area contributed by atoms with Crippen LogP contribution in [0.1, 0.15) is 43.7 Å². The Hall–Kier alpha value is -3.17. The fourth-order valence-corrected chi connectivity index (χ4v) is 3.81. The molecule has 3 heterocycles. The highest BCUT2D eigenvalue weighted by atomic mass is 16.4. The van der Waals surface area contributed by atoms with E-state index in [1.165, 1.54) is 0 Å². The van der Waals surface area contributed by atoms with Gasteiger partial charge in [0.1, 0.15) is 0 Å². The first-order valence-corrected chi connectivity index (χ1v) is 10.7. The summed E-state index contributed by atoms with van der Waals surface area (Å²) in [4.78, 5) is 46.4. The Morgan fingerprint density at radius 1 is 1.29 bits per heavy atom. The highest BCUT2D eigenvalue weighted by molar-refractivity contribution is 5.82. The highest BCUT2D eigenvalue weighted by Crippen LogP contribution is 2.22.